The Bertz CT molecular complexity index is 669. The van der Waals surface area contributed by atoms with Gasteiger partial charge in [0.1, 0.15) is 0 Å². The molecule has 0 spiro atoms. The van der Waals surface area contributed by atoms with Gasteiger partial charge in [-0.15, -0.1) is 16.9 Å². The summed E-state index contributed by atoms with van der Waals surface area (Å²) in [5.74, 6) is 1.91. The molecule has 1 aromatic heterocycles. The van der Waals surface area contributed by atoms with E-state index in [1.165, 1.54) is 24.6 Å². The Balaban J connectivity index is 1.40. The first kappa shape index (κ1) is 17.2. The first-order chi connectivity index (χ1) is 11.7. The molecule has 24 heavy (non-hydrogen) atoms. The third-order valence-corrected chi connectivity index (χ3v) is 5.28. The van der Waals surface area contributed by atoms with Crippen molar-refractivity contribution in [2.75, 3.05) is 5.75 Å². The molecule has 6 nitrogen and oxygen atoms in total. The number of hydrogen-bond donors (Lipinski definition) is 1. The summed E-state index contributed by atoms with van der Waals surface area (Å²) in [6.45, 7) is 0.510. The largest absolute Gasteiger partial charge is 0.351 e. The van der Waals surface area contributed by atoms with Gasteiger partial charge in [-0.25, -0.2) is 4.68 Å². The number of thioether (sulfide) groups is 1. The number of aromatic nitrogens is 4. The van der Waals surface area contributed by atoms with Gasteiger partial charge in [0.15, 0.2) is 5.82 Å². The van der Waals surface area contributed by atoms with Gasteiger partial charge >= 0.3 is 0 Å². The van der Waals surface area contributed by atoms with Gasteiger partial charge in [0.05, 0.1) is 17.5 Å². The third kappa shape index (κ3) is 4.70. The number of halogens is 1. The highest BCUT2D eigenvalue weighted by Gasteiger charge is 2.21. The van der Waals surface area contributed by atoms with Gasteiger partial charge in [-0.05, 0) is 41.0 Å². The lowest BCUT2D eigenvalue weighted by atomic mass is 10.2. The van der Waals surface area contributed by atoms with E-state index in [9.17, 15) is 4.79 Å². The zero-order valence-electron chi connectivity index (χ0n) is 13.3. The summed E-state index contributed by atoms with van der Waals surface area (Å²) in [4.78, 5) is 11.9. The van der Waals surface area contributed by atoms with Crippen molar-refractivity contribution in [2.45, 2.75) is 44.0 Å². The zero-order valence-corrected chi connectivity index (χ0v) is 14.9. The normalized spacial score (nSPS) is 14.9. The number of carbonyl (C=O) groups is 1. The summed E-state index contributed by atoms with van der Waals surface area (Å²) >= 11 is 7.38. The Morgan fingerprint density at radius 2 is 2.04 bits per heavy atom. The van der Waals surface area contributed by atoms with Crippen molar-refractivity contribution in [3.8, 4) is 0 Å². The van der Waals surface area contributed by atoms with Crippen molar-refractivity contribution < 1.29 is 4.79 Å². The van der Waals surface area contributed by atoms with Crippen LogP contribution in [-0.4, -0.2) is 31.9 Å². The van der Waals surface area contributed by atoms with Crippen LogP contribution in [0.3, 0.4) is 0 Å². The predicted octanol–water partition coefficient (Wildman–Crippen LogP) is 2.99. The van der Waals surface area contributed by atoms with Crippen LogP contribution in [-0.2, 0) is 17.1 Å². The number of benzene rings is 1. The monoisotopic (exact) mass is 365 g/mol. The van der Waals surface area contributed by atoms with Crippen molar-refractivity contribution in [1.29, 1.82) is 0 Å². The average Bonchev–Trinajstić information content (AvgIpc) is 3.25. The van der Waals surface area contributed by atoms with E-state index in [-0.39, 0.29) is 5.91 Å². The highest BCUT2D eigenvalue weighted by atomic mass is 35.5. The van der Waals surface area contributed by atoms with Crippen molar-refractivity contribution in [2.24, 2.45) is 0 Å². The van der Waals surface area contributed by atoms with E-state index in [1.807, 2.05) is 28.9 Å². The number of nitrogens with one attached hydrogen (secondary N) is 1. The fourth-order valence-electron chi connectivity index (χ4n) is 2.83. The molecule has 1 saturated carbocycles. The first-order valence-corrected chi connectivity index (χ1v) is 9.61. The maximum atomic E-state index is 11.9. The van der Waals surface area contributed by atoms with Crippen LogP contribution in [0.2, 0.25) is 5.02 Å². The average molecular weight is 366 g/mol. The van der Waals surface area contributed by atoms with Crippen LogP contribution in [0.25, 0.3) is 0 Å². The molecule has 0 saturated heterocycles. The third-order valence-electron chi connectivity index (χ3n) is 4.10. The lowest BCUT2D eigenvalue weighted by molar-refractivity contribution is -0.118. The lowest BCUT2D eigenvalue weighted by Gasteiger charge is -2.11. The second-order valence-corrected chi connectivity index (χ2v) is 7.30. The minimum atomic E-state index is 0.00911. The SMILES string of the molecule is O=C(CSCc1nnnn1C1CCCC1)NCc1ccc(Cl)cc1. The molecular formula is C16H20ClN5OS. The second kappa shape index (κ2) is 8.48. The van der Waals surface area contributed by atoms with Gasteiger partial charge in [0.25, 0.3) is 0 Å². The van der Waals surface area contributed by atoms with Crippen molar-refractivity contribution in [3.05, 3.63) is 40.7 Å². The molecule has 1 aromatic carbocycles. The number of amides is 1. The van der Waals surface area contributed by atoms with Crippen molar-refractivity contribution in [1.82, 2.24) is 25.5 Å². The minimum absolute atomic E-state index is 0.00911. The number of rotatable bonds is 7. The standard InChI is InChI=1S/C16H20ClN5OS/c17-13-7-5-12(6-8-13)9-18-16(23)11-24-10-15-19-20-21-22(15)14-3-1-2-4-14/h5-8,14H,1-4,9-11H2,(H,18,23). The Morgan fingerprint density at radius 1 is 1.29 bits per heavy atom. The smallest absolute Gasteiger partial charge is 0.230 e. The van der Waals surface area contributed by atoms with Gasteiger partial charge in [0.2, 0.25) is 5.91 Å². The number of carbonyl (C=O) groups excluding carboxylic acids is 1. The second-order valence-electron chi connectivity index (χ2n) is 5.87. The molecule has 0 bridgehead atoms. The number of hydrogen-bond acceptors (Lipinski definition) is 5. The molecule has 2 aromatic rings. The van der Waals surface area contributed by atoms with E-state index in [2.05, 4.69) is 20.8 Å². The van der Waals surface area contributed by atoms with Crippen LogP contribution in [0.5, 0.6) is 0 Å². The summed E-state index contributed by atoms with van der Waals surface area (Å²) in [6, 6.07) is 7.88. The topological polar surface area (TPSA) is 72.7 Å². The van der Waals surface area contributed by atoms with Gasteiger partial charge < -0.3 is 5.32 Å². The summed E-state index contributed by atoms with van der Waals surface area (Å²) < 4.78 is 1.94. The van der Waals surface area contributed by atoms with Gasteiger partial charge in [-0.2, -0.15) is 0 Å². The van der Waals surface area contributed by atoms with E-state index >= 15 is 0 Å². The predicted molar refractivity (Wildman–Crippen MR) is 94.8 cm³/mol. The Hall–Kier alpha value is -1.60. The summed E-state index contributed by atoms with van der Waals surface area (Å²) in [5.41, 5.74) is 1.03. The molecule has 1 aliphatic rings. The van der Waals surface area contributed by atoms with Crippen LogP contribution in [0.15, 0.2) is 24.3 Å². The Morgan fingerprint density at radius 3 is 2.79 bits per heavy atom. The van der Waals surface area contributed by atoms with E-state index in [0.717, 1.165) is 24.2 Å². The van der Waals surface area contributed by atoms with Gasteiger partial charge in [-0.1, -0.05) is 36.6 Å². The minimum Gasteiger partial charge on any atom is -0.351 e. The van der Waals surface area contributed by atoms with E-state index in [1.54, 1.807) is 0 Å². The first-order valence-electron chi connectivity index (χ1n) is 8.08. The molecule has 1 fully saturated rings. The molecule has 0 unspecified atom stereocenters. The quantitative estimate of drug-likeness (QED) is 0.816. The number of tetrazole rings is 1. The highest BCUT2D eigenvalue weighted by Crippen LogP contribution is 2.29. The van der Waals surface area contributed by atoms with Crippen LogP contribution in [0, 0.1) is 0 Å². The fraction of sp³-hybridized carbons (Fsp3) is 0.500. The van der Waals surface area contributed by atoms with Crippen LogP contribution < -0.4 is 5.32 Å². The summed E-state index contributed by atoms with van der Waals surface area (Å²) in [6.07, 6.45) is 4.77. The van der Waals surface area contributed by atoms with E-state index in [4.69, 9.17) is 11.6 Å². The van der Waals surface area contributed by atoms with Gasteiger partial charge in [-0.3, -0.25) is 4.79 Å². The van der Waals surface area contributed by atoms with E-state index < -0.39 is 0 Å². The van der Waals surface area contributed by atoms with Crippen molar-refractivity contribution >= 4 is 29.3 Å². The summed E-state index contributed by atoms with van der Waals surface area (Å²) in [7, 11) is 0. The molecular weight excluding hydrogens is 346 g/mol. The van der Waals surface area contributed by atoms with Crippen molar-refractivity contribution in [3.63, 3.8) is 0 Å². The van der Waals surface area contributed by atoms with Crippen LogP contribution in [0.1, 0.15) is 43.1 Å². The molecule has 3 rings (SSSR count). The fourth-order valence-corrected chi connectivity index (χ4v) is 3.72. The lowest BCUT2D eigenvalue weighted by Crippen LogP contribution is -2.24. The highest BCUT2D eigenvalue weighted by molar-refractivity contribution is 7.99. The van der Waals surface area contributed by atoms with Crippen LogP contribution in [0.4, 0.5) is 0 Å². The molecule has 1 heterocycles. The molecule has 0 atom stereocenters. The maximum absolute atomic E-state index is 11.9. The van der Waals surface area contributed by atoms with Gasteiger partial charge in [0, 0.05) is 11.6 Å². The van der Waals surface area contributed by atoms with E-state index in [0.29, 0.717) is 29.1 Å². The molecule has 1 N–H and O–H groups in total. The number of nitrogens with zero attached hydrogens (tertiary/aromatic N) is 4. The molecule has 0 aliphatic heterocycles. The molecule has 0 radical (unpaired) electrons. The Kier molecular flexibility index (Phi) is 6.09. The molecule has 128 valence electrons. The maximum Gasteiger partial charge on any atom is 0.230 e. The Labute approximate surface area is 150 Å². The van der Waals surface area contributed by atoms with Crippen LogP contribution >= 0.6 is 23.4 Å². The molecule has 1 amide bonds. The molecule has 1 aliphatic carbocycles. The summed E-state index contributed by atoms with van der Waals surface area (Å²) in [5, 5.41) is 15.6. The zero-order chi connectivity index (χ0) is 16.8. The molecule has 8 heteroatoms.